The van der Waals surface area contributed by atoms with E-state index in [0.29, 0.717) is 11.4 Å². The van der Waals surface area contributed by atoms with Crippen LogP contribution in [0.5, 0.6) is 0 Å². The molecule has 0 spiro atoms. The highest BCUT2D eigenvalue weighted by atomic mass is 79.9. The third kappa shape index (κ3) is 5.50. The Morgan fingerprint density at radius 1 is 0.969 bits per heavy atom. The Labute approximate surface area is 195 Å². The second-order valence-corrected chi connectivity index (χ2v) is 8.44. The molecule has 7 nitrogen and oxygen atoms in total. The molecule has 0 saturated carbocycles. The van der Waals surface area contributed by atoms with Gasteiger partial charge < -0.3 is 10.6 Å². The summed E-state index contributed by atoms with van der Waals surface area (Å²) in [7, 11) is 0. The van der Waals surface area contributed by atoms with E-state index in [4.69, 9.17) is 0 Å². The van der Waals surface area contributed by atoms with E-state index in [1.165, 1.54) is 6.07 Å². The minimum absolute atomic E-state index is 0.0885. The van der Waals surface area contributed by atoms with Crippen LogP contribution in [0.3, 0.4) is 0 Å². The first-order valence-corrected chi connectivity index (χ1v) is 11.0. The molecule has 1 heterocycles. The molecule has 166 valence electrons. The van der Waals surface area contributed by atoms with Crippen LogP contribution in [0, 0.1) is 20.8 Å². The van der Waals surface area contributed by atoms with Crippen LogP contribution in [0.4, 0.5) is 11.4 Å². The molecule has 0 atom stereocenters. The molecule has 0 saturated heterocycles. The standard InChI is InChI=1S/C24H25BrN4O3/c1-5-21(30)27-20-12-19(17-8-6-14(2)7-9-17)28-29(24(20)32)13-22(31)26-18-10-15(3)23(25)16(4)11-18/h6-12H,5,13H2,1-4H3,(H,26,31)(H,27,30). The number of anilines is 2. The molecule has 2 amide bonds. The van der Waals surface area contributed by atoms with Crippen molar-refractivity contribution in [3.8, 4) is 11.3 Å². The third-order valence-electron chi connectivity index (χ3n) is 4.93. The number of nitrogens with zero attached hydrogens (tertiary/aromatic N) is 2. The zero-order valence-electron chi connectivity index (χ0n) is 18.5. The van der Waals surface area contributed by atoms with Crippen molar-refractivity contribution in [2.24, 2.45) is 0 Å². The molecule has 3 rings (SSSR count). The van der Waals surface area contributed by atoms with Gasteiger partial charge in [-0.2, -0.15) is 5.10 Å². The smallest absolute Gasteiger partial charge is 0.291 e. The van der Waals surface area contributed by atoms with Gasteiger partial charge >= 0.3 is 0 Å². The Morgan fingerprint density at radius 2 is 1.59 bits per heavy atom. The van der Waals surface area contributed by atoms with Gasteiger partial charge in [-0.3, -0.25) is 14.4 Å². The lowest BCUT2D eigenvalue weighted by molar-refractivity contribution is -0.117. The van der Waals surface area contributed by atoms with Crippen LogP contribution in [0.25, 0.3) is 11.3 Å². The van der Waals surface area contributed by atoms with Crippen LogP contribution in [0.1, 0.15) is 30.0 Å². The SMILES string of the molecule is CCC(=O)Nc1cc(-c2ccc(C)cc2)nn(CC(=O)Nc2cc(C)c(Br)c(C)c2)c1=O. The number of benzene rings is 2. The van der Waals surface area contributed by atoms with E-state index < -0.39 is 11.5 Å². The summed E-state index contributed by atoms with van der Waals surface area (Å²) in [5.41, 5.74) is 4.50. The van der Waals surface area contributed by atoms with Crippen LogP contribution in [0.15, 0.2) is 51.7 Å². The van der Waals surface area contributed by atoms with Crippen molar-refractivity contribution in [2.75, 3.05) is 10.6 Å². The lowest BCUT2D eigenvalue weighted by atomic mass is 10.1. The Hall–Kier alpha value is -3.26. The highest BCUT2D eigenvalue weighted by Crippen LogP contribution is 2.25. The number of halogens is 1. The minimum atomic E-state index is -0.541. The fourth-order valence-corrected chi connectivity index (χ4v) is 3.43. The van der Waals surface area contributed by atoms with Crippen molar-refractivity contribution in [1.29, 1.82) is 0 Å². The highest BCUT2D eigenvalue weighted by Gasteiger charge is 2.15. The van der Waals surface area contributed by atoms with Crippen molar-refractivity contribution < 1.29 is 9.59 Å². The van der Waals surface area contributed by atoms with Crippen molar-refractivity contribution in [3.63, 3.8) is 0 Å². The van der Waals surface area contributed by atoms with Gasteiger partial charge in [0.05, 0.1) is 5.69 Å². The molecule has 1 aromatic heterocycles. The third-order valence-corrected chi connectivity index (χ3v) is 6.18. The summed E-state index contributed by atoms with van der Waals surface area (Å²) < 4.78 is 2.06. The maximum atomic E-state index is 12.9. The molecule has 2 N–H and O–H groups in total. The van der Waals surface area contributed by atoms with Gasteiger partial charge in [0.2, 0.25) is 11.8 Å². The van der Waals surface area contributed by atoms with Gasteiger partial charge in [0, 0.05) is 22.1 Å². The van der Waals surface area contributed by atoms with Crippen molar-refractivity contribution >= 4 is 39.1 Å². The van der Waals surface area contributed by atoms with Crippen molar-refractivity contribution in [2.45, 2.75) is 40.7 Å². The number of rotatable bonds is 6. The Balaban J connectivity index is 1.95. The second kappa shape index (κ2) is 9.91. The number of hydrogen-bond acceptors (Lipinski definition) is 4. The van der Waals surface area contributed by atoms with Crippen LogP contribution in [-0.2, 0) is 16.1 Å². The Morgan fingerprint density at radius 3 is 2.19 bits per heavy atom. The Kier molecular flexibility index (Phi) is 7.25. The lowest BCUT2D eigenvalue weighted by Gasteiger charge is -2.13. The minimum Gasteiger partial charge on any atom is -0.324 e. The fourth-order valence-electron chi connectivity index (χ4n) is 3.20. The average Bonchev–Trinajstić information content (AvgIpc) is 2.75. The quantitative estimate of drug-likeness (QED) is 0.521. The summed E-state index contributed by atoms with van der Waals surface area (Å²) >= 11 is 3.51. The number of nitrogens with one attached hydrogen (secondary N) is 2. The number of aryl methyl sites for hydroxylation is 3. The molecular weight excluding hydrogens is 472 g/mol. The second-order valence-electron chi connectivity index (χ2n) is 7.65. The molecule has 0 unspecified atom stereocenters. The first-order valence-electron chi connectivity index (χ1n) is 10.2. The van der Waals surface area contributed by atoms with Crippen molar-refractivity contribution in [3.05, 3.63) is 74.0 Å². The van der Waals surface area contributed by atoms with Crippen molar-refractivity contribution in [1.82, 2.24) is 9.78 Å². The molecule has 0 aliphatic carbocycles. The largest absolute Gasteiger partial charge is 0.324 e. The Bertz CT molecular complexity index is 1210. The van der Waals surface area contributed by atoms with E-state index in [9.17, 15) is 14.4 Å². The number of carbonyl (C=O) groups is 2. The van der Waals surface area contributed by atoms with Gasteiger partial charge in [-0.05, 0) is 50.1 Å². The highest BCUT2D eigenvalue weighted by molar-refractivity contribution is 9.10. The van der Waals surface area contributed by atoms with Crippen LogP contribution in [0.2, 0.25) is 0 Å². The predicted molar refractivity (Wildman–Crippen MR) is 130 cm³/mol. The number of hydrogen-bond donors (Lipinski definition) is 2. The molecule has 8 heteroatoms. The van der Waals surface area contributed by atoms with E-state index >= 15 is 0 Å². The fraction of sp³-hybridized carbons (Fsp3) is 0.250. The molecule has 32 heavy (non-hydrogen) atoms. The molecule has 2 aromatic carbocycles. The summed E-state index contributed by atoms with van der Waals surface area (Å²) in [4.78, 5) is 37.5. The zero-order chi connectivity index (χ0) is 23.4. The average molecular weight is 497 g/mol. The first-order chi connectivity index (χ1) is 15.2. The number of amides is 2. The summed E-state index contributed by atoms with van der Waals surface area (Å²) in [5, 5.41) is 9.82. The van der Waals surface area contributed by atoms with E-state index in [2.05, 4.69) is 31.7 Å². The van der Waals surface area contributed by atoms with E-state index in [0.717, 1.165) is 31.4 Å². The van der Waals surface area contributed by atoms with Gasteiger partial charge in [0.25, 0.3) is 5.56 Å². The van der Waals surface area contributed by atoms with Crippen LogP contribution < -0.4 is 16.2 Å². The first kappa shape index (κ1) is 23.4. The number of aromatic nitrogens is 2. The number of carbonyl (C=O) groups excluding carboxylic acids is 2. The van der Waals surface area contributed by atoms with Gasteiger partial charge in [0.1, 0.15) is 12.2 Å². The molecule has 0 radical (unpaired) electrons. The molecule has 0 aliphatic rings. The predicted octanol–water partition coefficient (Wildman–Crippen LogP) is 4.59. The molecule has 0 aliphatic heterocycles. The van der Waals surface area contributed by atoms with Crippen LogP contribution >= 0.6 is 15.9 Å². The molecule has 0 bridgehead atoms. The normalized spacial score (nSPS) is 10.7. The van der Waals surface area contributed by atoms with Gasteiger partial charge in [-0.15, -0.1) is 0 Å². The molecule has 3 aromatic rings. The lowest BCUT2D eigenvalue weighted by Crippen LogP contribution is -2.32. The monoisotopic (exact) mass is 496 g/mol. The molecule has 0 fully saturated rings. The van der Waals surface area contributed by atoms with E-state index in [-0.39, 0.29) is 24.6 Å². The topological polar surface area (TPSA) is 93.1 Å². The summed E-state index contributed by atoms with van der Waals surface area (Å²) in [5.74, 6) is -0.686. The maximum absolute atomic E-state index is 12.9. The maximum Gasteiger partial charge on any atom is 0.291 e. The summed E-state index contributed by atoms with van der Waals surface area (Å²) in [6, 6.07) is 12.9. The molecular formula is C24H25BrN4O3. The summed E-state index contributed by atoms with van der Waals surface area (Å²) in [6.45, 7) is 7.26. The van der Waals surface area contributed by atoms with Gasteiger partial charge in [-0.25, -0.2) is 4.68 Å². The summed E-state index contributed by atoms with van der Waals surface area (Å²) in [6.07, 6.45) is 0.227. The van der Waals surface area contributed by atoms with E-state index in [1.807, 2.05) is 57.2 Å². The van der Waals surface area contributed by atoms with Crippen LogP contribution in [-0.4, -0.2) is 21.6 Å². The van der Waals surface area contributed by atoms with Gasteiger partial charge in [0.15, 0.2) is 0 Å². The zero-order valence-corrected chi connectivity index (χ0v) is 20.0. The van der Waals surface area contributed by atoms with Gasteiger partial charge in [-0.1, -0.05) is 52.7 Å². The van der Waals surface area contributed by atoms with E-state index in [1.54, 1.807) is 6.92 Å².